The molecule has 1 saturated heterocycles. The second-order valence-electron chi connectivity index (χ2n) is 10.8. The molecule has 11 nitrogen and oxygen atoms in total. The third kappa shape index (κ3) is 10.7. The Kier molecular flexibility index (Phi) is 13.7. The number of aliphatic imine (C=N–C) groups is 1. The summed E-state index contributed by atoms with van der Waals surface area (Å²) in [4.78, 5) is 58.7. The zero-order valence-electron chi connectivity index (χ0n) is 26.1. The Bertz CT molecular complexity index is 1550. The Labute approximate surface area is 297 Å². The number of nitrogens with one attached hydrogen (secondary N) is 2. The number of halogens is 3. The maximum atomic E-state index is 14.4. The molecule has 15 heteroatoms. The van der Waals surface area contributed by atoms with E-state index in [1.54, 1.807) is 24.0 Å². The van der Waals surface area contributed by atoms with E-state index in [1.807, 2.05) is 60.7 Å². The summed E-state index contributed by atoms with van der Waals surface area (Å²) in [6, 6.07) is 21.0. The van der Waals surface area contributed by atoms with Gasteiger partial charge < -0.3 is 25.4 Å². The van der Waals surface area contributed by atoms with Crippen molar-refractivity contribution in [2.24, 2.45) is 10.7 Å². The fourth-order valence-corrected chi connectivity index (χ4v) is 6.38. The number of esters is 1. The molecule has 2 heterocycles. The van der Waals surface area contributed by atoms with Crippen molar-refractivity contribution < 1.29 is 28.7 Å². The number of amides is 3. The number of hydrogen-bond acceptors (Lipinski definition) is 8. The Balaban J connectivity index is 1.48. The molecule has 1 aliphatic heterocycles. The summed E-state index contributed by atoms with van der Waals surface area (Å²) in [5.74, 6) is -1.62. The van der Waals surface area contributed by atoms with Crippen LogP contribution in [0.25, 0.3) is 0 Å². The molecule has 256 valence electrons. The normalized spacial score (nSPS) is 15.6. The minimum absolute atomic E-state index is 0.0906. The number of carbonyl (C=O) groups is 4. The highest BCUT2D eigenvalue weighted by molar-refractivity contribution is 7.14. The van der Waals surface area contributed by atoms with Crippen LogP contribution in [0.15, 0.2) is 77.8 Å². The zero-order chi connectivity index (χ0) is 34.7. The molecule has 1 aromatic heterocycles. The predicted molar refractivity (Wildman–Crippen MR) is 186 cm³/mol. The summed E-state index contributed by atoms with van der Waals surface area (Å²) in [6.45, 7) is 1.81. The largest absolute Gasteiger partial charge is 0.465 e. The average Bonchev–Trinajstić information content (AvgIpc) is 3.76. The highest BCUT2D eigenvalue weighted by Gasteiger charge is 2.41. The van der Waals surface area contributed by atoms with Gasteiger partial charge >= 0.3 is 12.1 Å². The molecule has 4 rings (SSSR count). The first-order chi connectivity index (χ1) is 23.0. The van der Waals surface area contributed by atoms with Crippen molar-refractivity contribution >= 4 is 75.9 Å². The van der Waals surface area contributed by atoms with Gasteiger partial charge in [-0.1, -0.05) is 95.5 Å². The van der Waals surface area contributed by atoms with Crippen molar-refractivity contribution in [1.29, 1.82) is 0 Å². The van der Waals surface area contributed by atoms with E-state index in [4.69, 9.17) is 50.0 Å². The summed E-state index contributed by atoms with van der Waals surface area (Å²) in [6.07, 6.45) is 0.111. The molecule has 0 bridgehead atoms. The summed E-state index contributed by atoms with van der Waals surface area (Å²) >= 11 is 18.0. The summed E-state index contributed by atoms with van der Waals surface area (Å²) in [5, 5.41) is 6.09. The second-order valence-corrected chi connectivity index (χ2v) is 14.5. The van der Waals surface area contributed by atoms with E-state index < -0.39 is 40.5 Å². The number of likely N-dealkylation sites (tertiary alicyclic amines) is 1. The van der Waals surface area contributed by atoms with Crippen LogP contribution in [0.3, 0.4) is 0 Å². The zero-order valence-corrected chi connectivity index (χ0v) is 29.2. The molecule has 2 atom stereocenters. The van der Waals surface area contributed by atoms with E-state index in [9.17, 15) is 19.2 Å². The van der Waals surface area contributed by atoms with Gasteiger partial charge in [0.2, 0.25) is 15.6 Å². The number of hydrogen-bond donors (Lipinski definition) is 3. The van der Waals surface area contributed by atoms with Crippen molar-refractivity contribution in [1.82, 2.24) is 15.5 Å². The molecule has 48 heavy (non-hydrogen) atoms. The van der Waals surface area contributed by atoms with E-state index in [0.29, 0.717) is 24.3 Å². The van der Waals surface area contributed by atoms with Crippen LogP contribution in [0.2, 0.25) is 0 Å². The van der Waals surface area contributed by atoms with E-state index in [2.05, 4.69) is 15.6 Å². The summed E-state index contributed by atoms with van der Waals surface area (Å²) < 4.78 is 8.14. The minimum Gasteiger partial charge on any atom is -0.465 e. The minimum atomic E-state index is -1.78. The van der Waals surface area contributed by atoms with Crippen molar-refractivity contribution in [2.75, 3.05) is 26.3 Å². The number of nitrogens with zero attached hydrogens (tertiary/aromatic N) is 2. The van der Waals surface area contributed by atoms with Gasteiger partial charge in [0.15, 0.2) is 0 Å². The van der Waals surface area contributed by atoms with E-state index in [0.717, 1.165) is 16.0 Å². The van der Waals surface area contributed by atoms with Crippen molar-refractivity contribution in [3.8, 4) is 0 Å². The molecular formula is C33H36Cl3N5O6S. The van der Waals surface area contributed by atoms with Crippen molar-refractivity contribution in [2.45, 2.75) is 48.1 Å². The van der Waals surface area contributed by atoms with Gasteiger partial charge in [-0.15, -0.1) is 11.3 Å². The number of benzene rings is 2. The van der Waals surface area contributed by atoms with Gasteiger partial charge in [0.05, 0.1) is 30.6 Å². The second kappa shape index (κ2) is 17.6. The number of rotatable bonds is 13. The van der Waals surface area contributed by atoms with Crippen LogP contribution in [0.4, 0.5) is 4.79 Å². The molecular weight excluding hydrogens is 701 g/mol. The van der Waals surface area contributed by atoms with Crippen LogP contribution in [0, 0.1) is 0 Å². The lowest BCUT2D eigenvalue weighted by molar-refractivity contribution is -0.143. The van der Waals surface area contributed by atoms with Gasteiger partial charge in [0.25, 0.3) is 0 Å². The van der Waals surface area contributed by atoms with E-state index in [-0.39, 0.29) is 37.3 Å². The monoisotopic (exact) mass is 735 g/mol. The molecule has 0 saturated carbocycles. The number of alkyl halides is 3. The van der Waals surface area contributed by atoms with Crippen LogP contribution in [0.1, 0.15) is 46.6 Å². The van der Waals surface area contributed by atoms with Gasteiger partial charge in [0.1, 0.15) is 18.5 Å². The van der Waals surface area contributed by atoms with Gasteiger partial charge in [-0.2, -0.15) is 4.99 Å². The summed E-state index contributed by atoms with van der Waals surface area (Å²) in [5.41, 5.74) is 7.71. The first-order valence-electron chi connectivity index (χ1n) is 15.2. The molecule has 1 aliphatic rings. The Morgan fingerprint density at radius 2 is 1.65 bits per heavy atom. The fourth-order valence-electron chi connectivity index (χ4n) is 5.36. The van der Waals surface area contributed by atoms with Crippen LogP contribution in [-0.4, -0.2) is 76.8 Å². The number of carbonyl (C=O) groups excluding carboxylic acids is 4. The lowest BCUT2D eigenvalue weighted by atomic mass is 9.84. The fraction of sp³-hybridized carbons (Fsp3) is 0.364. The molecule has 2 aromatic carbocycles. The average molecular weight is 737 g/mol. The van der Waals surface area contributed by atoms with Crippen LogP contribution in [-0.2, 0) is 30.4 Å². The quantitative estimate of drug-likeness (QED) is 0.0969. The smallest absolute Gasteiger partial charge is 0.435 e. The topological polar surface area (TPSA) is 152 Å². The van der Waals surface area contributed by atoms with Gasteiger partial charge in [-0.05, 0) is 43.0 Å². The molecule has 0 spiro atoms. The molecule has 3 aromatic rings. The maximum absolute atomic E-state index is 14.4. The highest BCUT2D eigenvalue weighted by Crippen LogP contribution is 2.31. The third-order valence-electron chi connectivity index (χ3n) is 7.45. The molecule has 3 amide bonds. The van der Waals surface area contributed by atoms with Crippen molar-refractivity contribution in [3.63, 3.8) is 0 Å². The Hall–Kier alpha value is -3.68. The standard InChI is InChI=1S/C33H36Cl3N5O6S/c1-2-46-26(42)19-38-28(27(21-10-5-3-6-11-21)22-12-7-4-8-13-22)31(44)41-17-9-14-24(41)30(43)39-18-23-15-16-25(48-23)29(37)40-32(45)47-20-33(34,35)36/h3-8,10-13,15-16,24,27-28,38H,2,9,14,17-20H2,1H3,(H,39,43)(H2,37,40,45)/t24-,28+/m0/s1. The number of ether oxygens (including phenoxy) is 2. The molecule has 1 fully saturated rings. The van der Waals surface area contributed by atoms with E-state index in [1.165, 1.54) is 11.3 Å². The van der Waals surface area contributed by atoms with E-state index >= 15 is 0 Å². The first-order valence-corrected chi connectivity index (χ1v) is 17.2. The van der Waals surface area contributed by atoms with Crippen LogP contribution < -0.4 is 16.4 Å². The van der Waals surface area contributed by atoms with Gasteiger partial charge in [-0.25, -0.2) is 4.79 Å². The molecule has 0 radical (unpaired) electrons. The van der Waals surface area contributed by atoms with Crippen molar-refractivity contribution in [3.05, 3.63) is 93.7 Å². The third-order valence-corrected chi connectivity index (χ3v) is 8.88. The Morgan fingerprint density at radius 3 is 2.25 bits per heavy atom. The van der Waals surface area contributed by atoms with Gasteiger partial charge in [-0.3, -0.25) is 19.7 Å². The lowest BCUT2D eigenvalue weighted by Crippen LogP contribution is -2.55. The molecule has 0 aliphatic carbocycles. The highest BCUT2D eigenvalue weighted by atomic mass is 35.6. The Morgan fingerprint density at radius 1 is 1.00 bits per heavy atom. The first kappa shape index (κ1) is 37.1. The lowest BCUT2D eigenvalue weighted by Gasteiger charge is -2.33. The molecule has 0 unspecified atom stereocenters. The number of nitrogens with two attached hydrogens (primary N) is 1. The summed E-state index contributed by atoms with van der Waals surface area (Å²) in [7, 11) is 0. The van der Waals surface area contributed by atoms with Crippen LogP contribution in [0.5, 0.6) is 0 Å². The number of amidine groups is 1. The SMILES string of the molecule is CCOC(=O)CN[C@@H](C(=O)N1CCC[C@H]1C(=O)NCc1ccc(/C(N)=N/C(=O)OCC(Cl)(Cl)Cl)s1)C(c1ccccc1)c1ccccc1. The van der Waals surface area contributed by atoms with Crippen LogP contribution >= 0.6 is 46.1 Å². The van der Waals surface area contributed by atoms with Gasteiger partial charge in [0, 0.05) is 17.3 Å². The maximum Gasteiger partial charge on any atom is 0.435 e. The number of thiophene rings is 1. The predicted octanol–water partition coefficient (Wildman–Crippen LogP) is 4.92. The molecule has 4 N–H and O–H groups in total.